The first-order valence-electron chi connectivity index (χ1n) is 8.80. The highest BCUT2D eigenvalue weighted by Crippen LogP contribution is 2.27. The standard InChI is InChI=1S/C18H26N6O/c1-6-19-16-9-14-10-24(8-7-15(14)20-21-16)18(25)11(2)17-12(3)22-23(5)13(17)4/h9,11H,6-8,10H2,1-5H3,(H,19,21). The summed E-state index contributed by atoms with van der Waals surface area (Å²) in [4.78, 5) is 15.0. The predicted octanol–water partition coefficient (Wildman–Crippen LogP) is 1.95. The van der Waals surface area contributed by atoms with Crippen molar-refractivity contribution in [3.05, 3.63) is 34.3 Å². The Balaban J connectivity index is 1.81. The molecule has 0 radical (unpaired) electrons. The van der Waals surface area contributed by atoms with Crippen LogP contribution >= 0.6 is 0 Å². The Labute approximate surface area is 148 Å². The smallest absolute Gasteiger partial charge is 0.230 e. The first-order chi connectivity index (χ1) is 11.9. The summed E-state index contributed by atoms with van der Waals surface area (Å²) in [5, 5.41) is 16.1. The Morgan fingerprint density at radius 1 is 1.36 bits per heavy atom. The molecule has 0 fully saturated rings. The van der Waals surface area contributed by atoms with Crippen LogP contribution in [0.4, 0.5) is 5.82 Å². The van der Waals surface area contributed by atoms with Crippen LogP contribution in [0.15, 0.2) is 6.07 Å². The molecule has 7 heteroatoms. The lowest BCUT2D eigenvalue weighted by atomic mass is 9.96. The van der Waals surface area contributed by atoms with Crippen molar-refractivity contribution in [2.75, 3.05) is 18.4 Å². The number of amides is 1. The van der Waals surface area contributed by atoms with Crippen molar-refractivity contribution in [3.8, 4) is 0 Å². The van der Waals surface area contributed by atoms with E-state index >= 15 is 0 Å². The fraction of sp³-hybridized carbons (Fsp3) is 0.556. The fourth-order valence-corrected chi connectivity index (χ4v) is 3.60. The Morgan fingerprint density at radius 3 is 2.76 bits per heavy atom. The molecule has 0 bridgehead atoms. The lowest BCUT2D eigenvalue weighted by Crippen LogP contribution is -2.39. The number of anilines is 1. The number of rotatable bonds is 4. The summed E-state index contributed by atoms with van der Waals surface area (Å²) in [6.45, 7) is 10.1. The van der Waals surface area contributed by atoms with Gasteiger partial charge in [-0.15, -0.1) is 5.10 Å². The number of fused-ring (bicyclic) bond motifs is 1. The van der Waals surface area contributed by atoms with Crippen molar-refractivity contribution in [1.82, 2.24) is 24.9 Å². The highest BCUT2D eigenvalue weighted by Gasteiger charge is 2.29. The van der Waals surface area contributed by atoms with E-state index in [4.69, 9.17) is 0 Å². The number of carbonyl (C=O) groups is 1. The topological polar surface area (TPSA) is 75.9 Å². The lowest BCUT2D eigenvalue weighted by molar-refractivity contribution is -0.133. The summed E-state index contributed by atoms with van der Waals surface area (Å²) in [5.41, 5.74) is 5.10. The van der Waals surface area contributed by atoms with Crippen molar-refractivity contribution in [3.63, 3.8) is 0 Å². The molecule has 1 aliphatic rings. The summed E-state index contributed by atoms with van der Waals surface area (Å²) in [6.07, 6.45) is 0.748. The highest BCUT2D eigenvalue weighted by atomic mass is 16.2. The zero-order chi connectivity index (χ0) is 18.1. The average Bonchev–Trinajstić information content (AvgIpc) is 2.85. The van der Waals surface area contributed by atoms with Gasteiger partial charge in [0.05, 0.1) is 17.3 Å². The zero-order valence-corrected chi connectivity index (χ0v) is 15.6. The van der Waals surface area contributed by atoms with Crippen LogP contribution < -0.4 is 5.32 Å². The SMILES string of the molecule is CCNc1cc2c(nn1)CCN(C(=O)C(C)c1c(C)nn(C)c1C)C2. The molecule has 0 aromatic carbocycles. The maximum atomic E-state index is 13.1. The lowest BCUT2D eigenvalue weighted by Gasteiger charge is -2.30. The number of nitrogens with zero attached hydrogens (tertiary/aromatic N) is 5. The summed E-state index contributed by atoms with van der Waals surface area (Å²) in [5.74, 6) is 0.715. The maximum absolute atomic E-state index is 13.1. The quantitative estimate of drug-likeness (QED) is 0.919. The molecule has 1 unspecified atom stereocenters. The number of carbonyl (C=O) groups excluding carboxylic acids is 1. The Bertz CT molecular complexity index is 797. The molecule has 1 aliphatic heterocycles. The molecule has 7 nitrogen and oxygen atoms in total. The van der Waals surface area contributed by atoms with Crippen LogP contribution in [0.5, 0.6) is 0 Å². The van der Waals surface area contributed by atoms with Gasteiger partial charge in [-0.1, -0.05) is 0 Å². The van der Waals surface area contributed by atoms with Crippen molar-refractivity contribution < 1.29 is 4.79 Å². The first-order valence-corrected chi connectivity index (χ1v) is 8.80. The van der Waals surface area contributed by atoms with Gasteiger partial charge in [0.2, 0.25) is 5.91 Å². The fourth-order valence-electron chi connectivity index (χ4n) is 3.60. The summed E-state index contributed by atoms with van der Waals surface area (Å²) >= 11 is 0. The van der Waals surface area contributed by atoms with Crippen LogP contribution in [-0.4, -0.2) is 43.9 Å². The van der Waals surface area contributed by atoms with Gasteiger partial charge >= 0.3 is 0 Å². The Morgan fingerprint density at radius 2 is 2.12 bits per heavy atom. The van der Waals surface area contributed by atoms with E-state index in [2.05, 4.69) is 20.6 Å². The van der Waals surface area contributed by atoms with E-state index < -0.39 is 0 Å². The number of aromatic nitrogens is 4. The van der Waals surface area contributed by atoms with E-state index in [1.807, 2.05) is 50.4 Å². The number of nitrogens with one attached hydrogen (secondary N) is 1. The number of aryl methyl sites for hydroxylation is 2. The predicted molar refractivity (Wildman–Crippen MR) is 96.4 cm³/mol. The third kappa shape index (κ3) is 3.23. The normalized spacial score (nSPS) is 15.0. The molecule has 2 aromatic heterocycles. The van der Waals surface area contributed by atoms with Gasteiger partial charge in [-0.3, -0.25) is 9.48 Å². The molecule has 2 aromatic rings. The second-order valence-electron chi connectivity index (χ2n) is 6.67. The molecule has 3 heterocycles. The van der Waals surface area contributed by atoms with Crippen molar-refractivity contribution in [2.24, 2.45) is 7.05 Å². The minimum atomic E-state index is -0.196. The largest absolute Gasteiger partial charge is 0.369 e. The molecule has 134 valence electrons. The van der Waals surface area contributed by atoms with Crippen molar-refractivity contribution >= 4 is 11.7 Å². The zero-order valence-electron chi connectivity index (χ0n) is 15.6. The Hall–Kier alpha value is -2.44. The minimum absolute atomic E-state index is 0.145. The van der Waals surface area contributed by atoms with Gasteiger partial charge in [0.15, 0.2) is 0 Å². The van der Waals surface area contributed by atoms with E-state index in [0.717, 1.165) is 47.0 Å². The van der Waals surface area contributed by atoms with Crippen LogP contribution in [0.3, 0.4) is 0 Å². The molecule has 0 aliphatic carbocycles. The van der Waals surface area contributed by atoms with Gasteiger partial charge < -0.3 is 10.2 Å². The first kappa shape index (κ1) is 17.4. The highest BCUT2D eigenvalue weighted by molar-refractivity contribution is 5.84. The van der Waals surface area contributed by atoms with E-state index in [1.54, 1.807) is 0 Å². The molecule has 1 amide bonds. The van der Waals surface area contributed by atoms with Crippen LogP contribution in [0.1, 0.15) is 48.0 Å². The molecule has 1 N–H and O–H groups in total. The molecule has 0 spiro atoms. The summed E-state index contributed by atoms with van der Waals surface area (Å²) in [6, 6.07) is 2.01. The van der Waals surface area contributed by atoms with Crippen LogP contribution in [0.25, 0.3) is 0 Å². The average molecular weight is 342 g/mol. The summed E-state index contributed by atoms with van der Waals surface area (Å²) in [7, 11) is 1.92. The second-order valence-corrected chi connectivity index (χ2v) is 6.67. The maximum Gasteiger partial charge on any atom is 0.230 e. The third-order valence-electron chi connectivity index (χ3n) is 4.98. The third-order valence-corrected chi connectivity index (χ3v) is 4.98. The Kier molecular flexibility index (Phi) is 4.74. The van der Waals surface area contributed by atoms with Gasteiger partial charge in [-0.2, -0.15) is 10.2 Å². The molecular formula is C18H26N6O. The van der Waals surface area contributed by atoms with Gasteiger partial charge in [-0.25, -0.2) is 0 Å². The monoisotopic (exact) mass is 342 g/mol. The van der Waals surface area contributed by atoms with E-state index in [-0.39, 0.29) is 11.8 Å². The van der Waals surface area contributed by atoms with Gasteiger partial charge in [0, 0.05) is 44.4 Å². The molecule has 1 atom stereocenters. The van der Waals surface area contributed by atoms with E-state index in [0.29, 0.717) is 13.1 Å². The molecule has 0 saturated heterocycles. The number of hydrogen-bond donors (Lipinski definition) is 1. The van der Waals surface area contributed by atoms with Gasteiger partial charge in [0.1, 0.15) is 5.82 Å². The van der Waals surface area contributed by atoms with Gasteiger partial charge in [0.25, 0.3) is 0 Å². The van der Waals surface area contributed by atoms with Crippen LogP contribution in [0.2, 0.25) is 0 Å². The van der Waals surface area contributed by atoms with Crippen molar-refractivity contribution in [1.29, 1.82) is 0 Å². The van der Waals surface area contributed by atoms with Crippen LogP contribution in [0, 0.1) is 13.8 Å². The van der Waals surface area contributed by atoms with Crippen LogP contribution in [-0.2, 0) is 24.8 Å². The second kappa shape index (κ2) is 6.82. The molecular weight excluding hydrogens is 316 g/mol. The molecule has 25 heavy (non-hydrogen) atoms. The molecule has 3 rings (SSSR count). The van der Waals surface area contributed by atoms with Crippen molar-refractivity contribution in [2.45, 2.75) is 46.6 Å². The van der Waals surface area contributed by atoms with E-state index in [9.17, 15) is 4.79 Å². The number of hydrogen-bond acceptors (Lipinski definition) is 5. The van der Waals surface area contributed by atoms with Gasteiger partial charge in [-0.05, 0) is 39.3 Å². The molecule has 0 saturated carbocycles. The van der Waals surface area contributed by atoms with E-state index in [1.165, 1.54) is 0 Å². The summed E-state index contributed by atoms with van der Waals surface area (Å²) < 4.78 is 1.85. The minimum Gasteiger partial charge on any atom is -0.369 e.